The average Bonchev–Trinajstić information content (AvgIpc) is 2.65. The third-order valence-electron chi connectivity index (χ3n) is 3.09. The molecule has 1 fully saturated rings. The van der Waals surface area contributed by atoms with E-state index in [0.717, 1.165) is 0 Å². The summed E-state index contributed by atoms with van der Waals surface area (Å²) < 4.78 is 22.8. The van der Waals surface area contributed by atoms with Crippen molar-refractivity contribution in [3.8, 4) is 0 Å². The van der Waals surface area contributed by atoms with Crippen LogP contribution in [0.1, 0.15) is 25.7 Å². The summed E-state index contributed by atoms with van der Waals surface area (Å²) in [6.07, 6.45) is 0.563. The molecule has 0 spiro atoms. The first kappa shape index (κ1) is 15.9. The van der Waals surface area contributed by atoms with Crippen LogP contribution in [0.5, 0.6) is 0 Å². The molecule has 1 rings (SSSR count). The van der Waals surface area contributed by atoms with Crippen LogP contribution < -0.4 is 0 Å². The van der Waals surface area contributed by atoms with E-state index in [4.69, 9.17) is 10.2 Å². The fourth-order valence-electron chi connectivity index (χ4n) is 2.17. The molecule has 0 aromatic heterocycles. The third kappa shape index (κ3) is 5.15. The first-order chi connectivity index (χ1) is 8.85. The maximum absolute atomic E-state index is 11.9. The average molecular weight is 293 g/mol. The van der Waals surface area contributed by atoms with Gasteiger partial charge in [0.05, 0.1) is 18.1 Å². The molecule has 1 saturated heterocycles. The number of carboxylic acid groups (broad SMARTS) is 1. The predicted octanol–water partition coefficient (Wildman–Crippen LogP) is -0.751. The Hall–Kier alpha value is -1.15. The number of carbonyl (C=O) groups is 2. The summed E-state index contributed by atoms with van der Waals surface area (Å²) in [4.78, 5) is 23.7. The number of hydrogen-bond donors (Lipinski definition) is 2. The Kier molecular flexibility index (Phi) is 5.74. The Morgan fingerprint density at radius 1 is 1.26 bits per heavy atom. The van der Waals surface area contributed by atoms with Crippen LogP contribution in [0.2, 0.25) is 0 Å². The second-order valence-corrected chi connectivity index (χ2v) is 6.84. The van der Waals surface area contributed by atoms with Crippen LogP contribution in [0.15, 0.2) is 0 Å². The van der Waals surface area contributed by atoms with Gasteiger partial charge in [-0.3, -0.25) is 9.59 Å². The molecule has 1 aliphatic heterocycles. The molecule has 1 aliphatic rings. The van der Waals surface area contributed by atoms with Crippen molar-refractivity contribution in [1.82, 2.24) is 4.90 Å². The number of amides is 1. The third-order valence-corrected chi connectivity index (χ3v) is 4.84. The minimum absolute atomic E-state index is 0.0575. The van der Waals surface area contributed by atoms with Crippen LogP contribution in [0.3, 0.4) is 0 Å². The molecular formula is C11H19NO6S. The maximum atomic E-state index is 11.9. The lowest BCUT2D eigenvalue weighted by molar-refractivity contribution is -0.137. The second kappa shape index (κ2) is 6.85. The van der Waals surface area contributed by atoms with E-state index in [1.165, 1.54) is 4.90 Å². The fourth-order valence-corrected chi connectivity index (χ4v) is 3.90. The molecule has 1 unspecified atom stereocenters. The van der Waals surface area contributed by atoms with Gasteiger partial charge in [-0.2, -0.15) is 0 Å². The van der Waals surface area contributed by atoms with Crippen molar-refractivity contribution in [2.24, 2.45) is 0 Å². The SMILES string of the molecule is O=C(O)CCCC(=O)N(CCO)C1CCS(=O)(=O)C1. The Balaban J connectivity index is 2.56. The van der Waals surface area contributed by atoms with Crippen LogP contribution in [-0.4, -0.2) is 66.1 Å². The van der Waals surface area contributed by atoms with Crippen molar-refractivity contribution in [2.45, 2.75) is 31.7 Å². The summed E-state index contributed by atoms with van der Waals surface area (Å²) in [5.41, 5.74) is 0. The first-order valence-corrected chi connectivity index (χ1v) is 8.00. The number of carbonyl (C=O) groups excluding carboxylic acids is 1. The van der Waals surface area contributed by atoms with Crippen molar-refractivity contribution in [1.29, 1.82) is 0 Å². The lowest BCUT2D eigenvalue weighted by Gasteiger charge is -2.27. The summed E-state index contributed by atoms with van der Waals surface area (Å²) in [7, 11) is -3.10. The minimum Gasteiger partial charge on any atom is -0.481 e. The van der Waals surface area contributed by atoms with Crippen LogP contribution in [-0.2, 0) is 19.4 Å². The van der Waals surface area contributed by atoms with E-state index < -0.39 is 21.8 Å². The van der Waals surface area contributed by atoms with Gasteiger partial charge in [0, 0.05) is 25.4 Å². The zero-order chi connectivity index (χ0) is 14.5. The monoisotopic (exact) mass is 293 g/mol. The van der Waals surface area contributed by atoms with Gasteiger partial charge in [-0.05, 0) is 12.8 Å². The van der Waals surface area contributed by atoms with Crippen molar-refractivity contribution in [3.63, 3.8) is 0 Å². The first-order valence-electron chi connectivity index (χ1n) is 6.18. The Morgan fingerprint density at radius 3 is 2.42 bits per heavy atom. The molecule has 110 valence electrons. The molecule has 2 N–H and O–H groups in total. The second-order valence-electron chi connectivity index (χ2n) is 4.61. The molecule has 19 heavy (non-hydrogen) atoms. The summed E-state index contributed by atoms with van der Waals surface area (Å²) in [6.45, 7) is -0.146. The minimum atomic E-state index is -3.10. The molecule has 1 heterocycles. The summed E-state index contributed by atoms with van der Waals surface area (Å²) in [5.74, 6) is -1.28. The number of nitrogens with zero attached hydrogens (tertiary/aromatic N) is 1. The van der Waals surface area contributed by atoms with Gasteiger partial charge in [0.2, 0.25) is 5.91 Å². The standard InChI is InChI=1S/C11H19NO6S/c13-6-5-12(9-4-7-19(17,18)8-9)10(14)2-1-3-11(15)16/h9,13H,1-8H2,(H,15,16). The van der Waals surface area contributed by atoms with E-state index in [0.29, 0.717) is 6.42 Å². The zero-order valence-corrected chi connectivity index (χ0v) is 11.4. The number of sulfone groups is 1. The largest absolute Gasteiger partial charge is 0.481 e. The highest BCUT2D eigenvalue weighted by molar-refractivity contribution is 7.91. The van der Waals surface area contributed by atoms with Gasteiger partial charge in [0.1, 0.15) is 0 Å². The number of aliphatic hydroxyl groups is 1. The van der Waals surface area contributed by atoms with E-state index in [2.05, 4.69) is 0 Å². The number of rotatable bonds is 7. The molecule has 0 bridgehead atoms. The lowest BCUT2D eigenvalue weighted by atomic mass is 10.1. The van der Waals surface area contributed by atoms with Crippen LogP contribution in [0.4, 0.5) is 0 Å². The summed E-state index contributed by atoms with van der Waals surface area (Å²) >= 11 is 0. The predicted molar refractivity (Wildman–Crippen MR) is 67.3 cm³/mol. The summed E-state index contributed by atoms with van der Waals surface area (Å²) in [5, 5.41) is 17.5. The topological polar surface area (TPSA) is 112 Å². The normalized spacial score (nSPS) is 21.2. The molecule has 0 aromatic carbocycles. The fraction of sp³-hybridized carbons (Fsp3) is 0.818. The van der Waals surface area contributed by atoms with E-state index in [1.54, 1.807) is 0 Å². The Bertz CT molecular complexity index is 432. The van der Waals surface area contributed by atoms with Crippen molar-refractivity contribution in [3.05, 3.63) is 0 Å². The zero-order valence-electron chi connectivity index (χ0n) is 10.6. The highest BCUT2D eigenvalue weighted by Gasteiger charge is 2.34. The number of carboxylic acids is 1. The molecule has 0 aromatic rings. The quantitative estimate of drug-likeness (QED) is 0.638. The molecule has 0 radical (unpaired) electrons. The van der Waals surface area contributed by atoms with Gasteiger partial charge in [-0.15, -0.1) is 0 Å². The highest BCUT2D eigenvalue weighted by atomic mass is 32.2. The number of hydrogen-bond acceptors (Lipinski definition) is 5. The van der Waals surface area contributed by atoms with Gasteiger partial charge in [-0.1, -0.05) is 0 Å². The van der Waals surface area contributed by atoms with E-state index in [1.807, 2.05) is 0 Å². The molecule has 0 aliphatic carbocycles. The van der Waals surface area contributed by atoms with Crippen LogP contribution >= 0.6 is 0 Å². The molecular weight excluding hydrogens is 274 g/mol. The highest BCUT2D eigenvalue weighted by Crippen LogP contribution is 2.19. The van der Waals surface area contributed by atoms with Crippen molar-refractivity contribution in [2.75, 3.05) is 24.7 Å². The maximum Gasteiger partial charge on any atom is 0.303 e. The van der Waals surface area contributed by atoms with Crippen molar-refractivity contribution >= 4 is 21.7 Å². The Morgan fingerprint density at radius 2 is 1.95 bits per heavy atom. The van der Waals surface area contributed by atoms with Gasteiger partial charge in [0.15, 0.2) is 9.84 Å². The van der Waals surface area contributed by atoms with Gasteiger partial charge in [0.25, 0.3) is 0 Å². The van der Waals surface area contributed by atoms with Crippen LogP contribution in [0, 0.1) is 0 Å². The Labute approximate surface area is 112 Å². The molecule has 8 heteroatoms. The molecule has 7 nitrogen and oxygen atoms in total. The summed E-state index contributed by atoms with van der Waals surface area (Å²) in [6, 6.07) is -0.394. The van der Waals surface area contributed by atoms with Crippen LogP contribution in [0.25, 0.3) is 0 Å². The lowest BCUT2D eigenvalue weighted by Crippen LogP contribution is -2.42. The van der Waals surface area contributed by atoms with E-state index in [9.17, 15) is 18.0 Å². The molecule has 1 amide bonds. The van der Waals surface area contributed by atoms with Gasteiger partial charge >= 0.3 is 5.97 Å². The van der Waals surface area contributed by atoms with E-state index in [-0.39, 0.29) is 49.8 Å². The van der Waals surface area contributed by atoms with Gasteiger partial charge in [-0.25, -0.2) is 8.42 Å². The smallest absolute Gasteiger partial charge is 0.303 e. The van der Waals surface area contributed by atoms with Gasteiger partial charge < -0.3 is 15.1 Å². The molecule has 0 saturated carbocycles. The molecule has 1 atom stereocenters. The number of aliphatic hydroxyl groups excluding tert-OH is 1. The number of aliphatic carboxylic acids is 1. The van der Waals surface area contributed by atoms with Crippen molar-refractivity contribution < 1.29 is 28.2 Å². The van der Waals surface area contributed by atoms with E-state index >= 15 is 0 Å².